The summed E-state index contributed by atoms with van der Waals surface area (Å²) in [5.74, 6) is 0.0422. The van der Waals surface area contributed by atoms with Gasteiger partial charge in [-0.1, -0.05) is 6.07 Å². The number of rotatable bonds is 6. The molecule has 0 aliphatic heterocycles. The molecule has 5 heteroatoms. The van der Waals surface area contributed by atoms with Gasteiger partial charge in [0.15, 0.2) is 0 Å². The first-order valence-corrected chi connectivity index (χ1v) is 8.06. The topological polar surface area (TPSA) is 51.0 Å². The van der Waals surface area contributed by atoms with Crippen molar-refractivity contribution in [2.24, 2.45) is 0 Å². The van der Waals surface area contributed by atoms with Crippen molar-refractivity contribution in [1.82, 2.24) is 19.7 Å². The molecule has 0 unspecified atom stereocenters. The van der Waals surface area contributed by atoms with E-state index in [-0.39, 0.29) is 5.91 Å². The molecule has 122 valence electrons. The highest BCUT2D eigenvalue weighted by Gasteiger charge is 2.14. The number of carbonyl (C=O) groups is 1. The third kappa shape index (κ3) is 3.68. The average molecular weight is 320 g/mol. The fourth-order valence-corrected chi connectivity index (χ4v) is 2.60. The molecular weight excluding hydrogens is 300 g/mol. The van der Waals surface area contributed by atoms with Gasteiger partial charge in [0.05, 0.1) is 5.69 Å². The van der Waals surface area contributed by atoms with Gasteiger partial charge in [-0.2, -0.15) is 5.10 Å². The van der Waals surface area contributed by atoms with E-state index in [0.29, 0.717) is 18.7 Å². The normalized spacial score (nSPS) is 10.5. The number of aromatic nitrogens is 3. The minimum atomic E-state index is 0.0422. The zero-order valence-corrected chi connectivity index (χ0v) is 13.7. The van der Waals surface area contributed by atoms with Crippen LogP contribution in [0.4, 0.5) is 0 Å². The van der Waals surface area contributed by atoms with E-state index >= 15 is 0 Å². The number of nitrogens with zero attached hydrogens (tertiary/aromatic N) is 4. The molecule has 1 amide bonds. The molecule has 24 heavy (non-hydrogen) atoms. The standard InChI is InChI=1S/C19H20N4O/c1-2-22(14-9-16-7-11-20-12-8-16)19(24)17-5-3-6-18(15-17)23-13-4-10-21-23/h3-8,10-13,15H,2,9,14H2,1H3. The molecule has 0 saturated carbocycles. The molecule has 2 heterocycles. The minimum absolute atomic E-state index is 0.0422. The van der Waals surface area contributed by atoms with Crippen LogP contribution in [0.25, 0.3) is 5.69 Å². The third-order valence-corrected chi connectivity index (χ3v) is 3.95. The summed E-state index contributed by atoms with van der Waals surface area (Å²) in [4.78, 5) is 18.7. The highest BCUT2D eigenvalue weighted by atomic mass is 16.2. The lowest BCUT2D eigenvalue weighted by Gasteiger charge is -2.21. The van der Waals surface area contributed by atoms with E-state index in [4.69, 9.17) is 0 Å². The number of carbonyl (C=O) groups excluding carboxylic acids is 1. The maximum Gasteiger partial charge on any atom is 0.253 e. The van der Waals surface area contributed by atoms with Crippen molar-refractivity contribution in [3.05, 3.63) is 78.4 Å². The molecule has 2 aromatic heterocycles. The van der Waals surface area contributed by atoms with Crippen LogP contribution < -0.4 is 0 Å². The van der Waals surface area contributed by atoms with Gasteiger partial charge < -0.3 is 4.90 Å². The van der Waals surface area contributed by atoms with Crippen LogP contribution in [0.1, 0.15) is 22.8 Å². The van der Waals surface area contributed by atoms with Crippen LogP contribution in [0.2, 0.25) is 0 Å². The Kier molecular flexibility index (Phi) is 5.01. The van der Waals surface area contributed by atoms with E-state index in [0.717, 1.165) is 12.1 Å². The molecule has 0 radical (unpaired) electrons. The highest BCUT2D eigenvalue weighted by molar-refractivity contribution is 5.94. The monoisotopic (exact) mass is 320 g/mol. The Morgan fingerprint density at radius 3 is 2.67 bits per heavy atom. The summed E-state index contributed by atoms with van der Waals surface area (Å²) in [6.07, 6.45) is 7.97. The predicted octanol–water partition coefficient (Wildman–Crippen LogP) is 2.97. The van der Waals surface area contributed by atoms with Gasteiger partial charge in [-0.25, -0.2) is 4.68 Å². The van der Waals surface area contributed by atoms with Crippen molar-refractivity contribution in [3.63, 3.8) is 0 Å². The number of likely N-dealkylation sites (N-methyl/N-ethyl adjacent to an activating group) is 1. The molecule has 0 N–H and O–H groups in total. The number of hydrogen-bond donors (Lipinski definition) is 0. The molecule has 0 aliphatic carbocycles. The molecule has 0 aliphatic rings. The van der Waals surface area contributed by atoms with Gasteiger partial charge in [-0.05, 0) is 55.3 Å². The van der Waals surface area contributed by atoms with Crippen LogP contribution in [-0.2, 0) is 6.42 Å². The summed E-state index contributed by atoms with van der Waals surface area (Å²) < 4.78 is 1.75. The Morgan fingerprint density at radius 2 is 1.96 bits per heavy atom. The summed E-state index contributed by atoms with van der Waals surface area (Å²) in [5, 5.41) is 4.21. The Balaban J connectivity index is 1.73. The Morgan fingerprint density at radius 1 is 1.12 bits per heavy atom. The number of hydrogen-bond acceptors (Lipinski definition) is 3. The number of pyridine rings is 1. The van der Waals surface area contributed by atoms with Crippen molar-refractivity contribution >= 4 is 5.91 Å². The van der Waals surface area contributed by atoms with Gasteiger partial charge in [-0.3, -0.25) is 9.78 Å². The van der Waals surface area contributed by atoms with Gasteiger partial charge in [0.2, 0.25) is 0 Å². The van der Waals surface area contributed by atoms with Crippen molar-refractivity contribution in [3.8, 4) is 5.69 Å². The summed E-state index contributed by atoms with van der Waals surface area (Å²) in [6, 6.07) is 13.4. The fourth-order valence-electron chi connectivity index (χ4n) is 2.60. The van der Waals surface area contributed by atoms with Gasteiger partial charge in [0.1, 0.15) is 0 Å². The van der Waals surface area contributed by atoms with Gasteiger partial charge in [-0.15, -0.1) is 0 Å². The second-order valence-corrected chi connectivity index (χ2v) is 5.49. The maximum absolute atomic E-state index is 12.8. The highest BCUT2D eigenvalue weighted by Crippen LogP contribution is 2.12. The summed E-state index contributed by atoms with van der Waals surface area (Å²) in [5.41, 5.74) is 2.75. The van der Waals surface area contributed by atoms with Gasteiger partial charge in [0, 0.05) is 43.4 Å². The largest absolute Gasteiger partial charge is 0.339 e. The quantitative estimate of drug-likeness (QED) is 0.701. The Labute approximate surface area is 141 Å². The lowest BCUT2D eigenvalue weighted by Crippen LogP contribution is -2.32. The summed E-state index contributed by atoms with van der Waals surface area (Å²) in [6.45, 7) is 3.36. The molecular formula is C19H20N4O. The molecule has 0 saturated heterocycles. The second kappa shape index (κ2) is 7.55. The molecule has 1 aromatic carbocycles. The average Bonchev–Trinajstić information content (AvgIpc) is 3.18. The number of amides is 1. The zero-order valence-electron chi connectivity index (χ0n) is 13.7. The third-order valence-electron chi connectivity index (χ3n) is 3.95. The van der Waals surface area contributed by atoms with E-state index in [1.807, 2.05) is 60.5 Å². The molecule has 0 bridgehead atoms. The van der Waals surface area contributed by atoms with Crippen LogP contribution in [0, 0.1) is 0 Å². The Bertz CT molecular complexity index is 784. The van der Waals surface area contributed by atoms with Crippen molar-refractivity contribution in [2.45, 2.75) is 13.3 Å². The van der Waals surface area contributed by atoms with Gasteiger partial charge in [0.25, 0.3) is 5.91 Å². The molecule has 0 spiro atoms. The van der Waals surface area contributed by atoms with Crippen LogP contribution in [0.5, 0.6) is 0 Å². The minimum Gasteiger partial charge on any atom is -0.339 e. The van der Waals surface area contributed by atoms with Crippen LogP contribution in [0.15, 0.2) is 67.3 Å². The van der Waals surface area contributed by atoms with E-state index in [9.17, 15) is 4.79 Å². The van der Waals surface area contributed by atoms with E-state index in [1.54, 1.807) is 23.3 Å². The van der Waals surface area contributed by atoms with Crippen LogP contribution >= 0.6 is 0 Å². The van der Waals surface area contributed by atoms with Crippen LogP contribution in [0.3, 0.4) is 0 Å². The number of benzene rings is 1. The lowest BCUT2D eigenvalue weighted by atomic mass is 10.1. The van der Waals surface area contributed by atoms with E-state index in [1.165, 1.54) is 5.56 Å². The second-order valence-electron chi connectivity index (χ2n) is 5.49. The maximum atomic E-state index is 12.8. The SMILES string of the molecule is CCN(CCc1ccncc1)C(=O)c1cccc(-n2cccn2)c1. The predicted molar refractivity (Wildman–Crippen MR) is 93.1 cm³/mol. The first-order chi connectivity index (χ1) is 11.8. The fraction of sp³-hybridized carbons (Fsp3) is 0.211. The molecule has 3 aromatic rings. The smallest absolute Gasteiger partial charge is 0.253 e. The summed E-state index contributed by atoms with van der Waals surface area (Å²) in [7, 11) is 0. The van der Waals surface area contributed by atoms with Crippen molar-refractivity contribution in [1.29, 1.82) is 0 Å². The summed E-state index contributed by atoms with van der Waals surface area (Å²) >= 11 is 0. The first kappa shape index (κ1) is 15.9. The van der Waals surface area contributed by atoms with Crippen molar-refractivity contribution < 1.29 is 4.79 Å². The van der Waals surface area contributed by atoms with E-state index < -0.39 is 0 Å². The lowest BCUT2D eigenvalue weighted by molar-refractivity contribution is 0.0766. The zero-order chi connectivity index (χ0) is 16.8. The Hall–Kier alpha value is -2.95. The first-order valence-electron chi connectivity index (χ1n) is 8.06. The van der Waals surface area contributed by atoms with Crippen molar-refractivity contribution in [2.75, 3.05) is 13.1 Å². The van der Waals surface area contributed by atoms with E-state index in [2.05, 4.69) is 10.1 Å². The molecule has 0 fully saturated rings. The van der Waals surface area contributed by atoms with Gasteiger partial charge >= 0.3 is 0 Å². The van der Waals surface area contributed by atoms with Crippen LogP contribution in [-0.4, -0.2) is 38.7 Å². The molecule has 0 atom stereocenters. The molecule has 5 nitrogen and oxygen atoms in total. The molecule has 3 rings (SSSR count).